The zero-order valence-electron chi connectivity index (χ0n) is 18.0. The molecular formula is C25H38N2O. The van der Waals surface area contributed by atoms with Crippen molar-refractivity contribution in [3.8, 4) is 0 Å². The molecule has 0 heterocycles. The van der Waals surface area contributed by atoms with Gasteiger partial charge in [0.25, 0.3) is 0 Å². The van der Waals surface area contributed by atoms with Crippen molar-refractivity contribution in [2.45, 2.75) is 90.6 Å². The summed E-state index contributed by atoms with van der Waals surface area (Å²) in [7, 11) is 0. The van der Waals surface area contributed by atoms with E-state index in [4.69, 9.17) is 0 Å². The van der Waals surface area contributed by atoms with Gasteiger partial charge in [0.05, 0.1) is 6.54 Å². The van der Waals surface area contributed by atoms with E-state index in [9.17, 15) is 4.79 Å². The van der Waals surface area contributed by atoms with Crippen LogP contribution in [0.15, 0.2) is 36.1 Å². The zero-order valence-corrected chi connectivity index (χ0v) is 18.0. The van der Waals surface area contributed by atoms with Crippen LogP contribution in [0, 0.1) is 16.7 Å². The smallest absolute Gasteiger partial charge is 0.239 e. The highest BCUT2D eigenvalue weighted by Crippen LogP contribution is 2.62. The van der Waals surface area contributed by atoms with E-state index in [0.717, 1.165) is 12.3 Å². The maximum Gasteiger partial charge on any atom is 0.239 e. The molecule has 3 unspecified atom stereocenters. The molecule has 3 fully saturated rings. The Morgan fingerprint density at radius 2 is 1.93 bits per heavy atom. The number of hydrogen-bond acceptors (Lipinski definition) is 2. The minimum absolute atomic E-state index is 0.212. The van der Waals surface area contributed by atoms with Crippen molar-refractivity contribution in [2.24, 2.45) is 16.7 Å². The molecule has 4 rings (SSSR count). The molecule has 0 aliphatic heterocycles. The van der Waals surface area contributed by atoms with Gasteiger partial charge in [-0.1, -0.05) is 64.3 Å². The van der Waals surface area contributed by atoms with E-state index in [1.807, 2.05) is 0 Å². The van der Waals surface area contributed by atoms with Crippen LogP contribution in [0.3, 0.4) is 0 Å². The first-order chi connectivity index (χ1) is 13.4. The molecule has 0 aromatic heterocycles. The lowest BCUT2D eigenvalue weighted by Crippen LogP contribution is -2.54. The molecule has 1 amide bonds. The van der Waals surface area contributed by atoms with Crippen LogP contribution >= 0.6 is 0 Å². The number of nitrogens with zero attached hydrogens (tertiary/aromatic N) is 1. The van der Waals surface area contributed by atoms with Gasteiger partial charge in [0.15, 0.2) is 0 Å². The third-order valence-electron chi connectivity index (χ3n) is 8.21. The lowest BCUT2D eigenvalue weighted by Gasteiger charge is -2.44. The van der Waals surface area contributed by atoms with Crippen LogP contribution in [0.5, 0.6) is 0 Å². The van der Waals surface area contributed by atoms with Crippen LogP contribution in [0.25, 0.3) is 0 Å². The molecule has 3 saturated carbocycles. The third-order valence-corrected chi connectivity index (χ3v) is 8.21. The van der Waals surface area contributed by atoms with Crippen molar-refractivity contribution in [1.29, 1.82) is 0 Å². The molecule has 154 valence electrons. The second-order valence-electron chi connectivity index (χ2n) is 10.5. The zero-order chi connectivity index (χ0) is 19.8. The summed E-state index contributed by atoms with van der Waals surface area (Å²) in [6.45, 7) is 7.63. The Labute approximate surface area is 171 Å². The van der Waals surface area contributed by atoms with E-state index in [0.29, 0.717) is 18.6 Å². The van der Waals surface area contributed by atoms with Crippen molar-refractivity contribution in [3.05, 3.63) is 36.1 Å². The third kappa shape index (κ3) is 3.69. The first-order valence-electron chi connectivity index (χ1n) is 11.5. The number of rotatable bonds is 5. The van der Waals surface area contributed by atoms with Gasteiger partial charge in [-0.3, -0.25) is 4.79 Å². The van der Waals surface area contributed by atoms with Crippen molar-refractivity contribution in [3.63, 3.8) is 0 Å². The Balaban J connectivity index is 1.48. The Morgan fingerprint density at radius 1 is 1.14 bits per heavy atom. The summed E-state index contributed by atoms with van der Waals surface area (Å²) >= 11 is 0. The number of nitrogens with one attached hydrogen (secondary N) is 1. The van der Waals surface area contributed by atoms with Gasteiger partial charge in [0, 0.05) is 17.8 Å². The van der Waals surface area contributed by atoms with Gasteiger partial charge >= 0.3 is 0 Å². The van der Waals surface area contributed by atoms with Crippen molar-refractivity contribution >= 4 is 5.91 Å². The first-order valence-corrected chi connectivity index (χ1v) is 11.5. The van der Waals surface area contributed by atoms with Crippen molar-refractivity contribution in [1.82, 2.24) is 10.2 Å². The van der Waals surface area contributed by atoms with Crippen LogP contribution in [-0.4, -0.2) is 29.4 Å². The lowest BCUT2D eigenvalue weighted by molar-refractivity contribution is -0.125. The quantitative estimate of drug-likeness (QED) is 0.695. The molecule has 0 aromatic carbocycles. The van der Waals surface area contributed by atoms with Gasteiger partial charge in [-0.05, 0) is 61.3 Å². The molecule has 3 heteroatoms. The highest BCUT2D eigenvalue weighted by atomic mass is 16.2. The van der Waals surface area contributed by atoms with Gasteiger partial charge in [0.2, 0.25) is 5.91 Å². The summed E-state index contributed by atoms with van der Waals surface area (Å²) in [5, 5.41) is 3.52. The van der Waals surface area contributed by atoms with Gasteiger partial charge < -0.3 is 10.2 Å². The van der Waals surface area contributed by atoms with E-state index >= 15 is 0 Å². The predicted octanol–water partition coefficient (Wildman–Crippen LogP) is 5.35. The largest absolute Gasteiger partial charge is 0.359 e. The molecule has 3 nitrogen and oxygen atoms in total. The summed E-state index contributed by atoms with van der Waals surface area (Å²) in [5.74, 6) is 0.972. The molecule has 4 aliphatic carbocycles. The average molecular weight is 383 g/mol. The maximum absolute atomic E-state index is 13.3. The first kappa shape index (κ1) is 19.8. The number of carbonyl (C=O) groups excluding carboxylic acids is 1. The highest BCUT2D eigenvalue weighted by Gasteiger charge is 2.59. The average Bonchev–Trinajstić information content (AvgIpc) is 3.01. The topological polar surface area (TPSA) is 32.3 Å². The minimum atomic E-state index is 0.212. The highest BCUT2D eigenvalue weighted by molar-refractivity contribution is 5.79. The molecule has 28 heavy (non-hydrogen) atoms. The number of fused-ring (bicyclic) bond motifs is 2. The number of amides is 1. The summed E-state index contributed by atoms with van der Waals surface area (Å²) in [5.41, 5.74) is 1.72. The SMILES string of the molecule is CC12CCC(C1)C(C)(C)C2NC(=O)CN(C1=CCC=CC=C1)C1CCCCC1. The Kier molecular flexibility index (Phi) is 5.46. The normalized spacial score (nSPS) is 34.2. The molecular weight excluding hydrogens is 344 g/mol. The molecule has 2 bridgehead atoms. The molecule has 0 saturated heterocycles. The van der Waals surface area contributed by atoms with E-state index in [2.05, 4.69) is 61.4 Å². The van der Waals surface area contributed by atoms with Gasteiger partial charge in [-0.15, -0.1) is 0 Å². The van der Waals surface area contributed by atoms with E-state index in [1.165, 1.54) is 57.1 Å². The number of allylic oxidation sites excluding steroid dienone is 5. The van der Waals surface area contributed by atoms with Gasteiger partial charge in [-0.25, -0.2) is 0 Å². The standard InChI is InChI=1S/C25H38N2O/c1-24(2)19-15-16-25(3,17-19)23(24)26-22(28)18-27(21-13-9-6-10-14-21)20-11-7-4-5-8-12-20/h4-5,7,11-12,19,21,23H,6,8-10,13-18H2,1-3H3,(H,26,28). The van der Waals surface area contributed by atoms with E-state index < -0.39 is 0 Å². The second-order valence-corrected chi connectivity index (χ2v) is 10.5. The summed E-state index contributed by atoms with van der Waals surface area (Å²) in [6.07, 6.45) is 22.0. The molecule has 0 spiro atoms. The summed E-state index contributed by atoms with van der Waals surface area (Å²) < 4.78 is 0. The number of hydrogen-bond donors (Lipinski definition) is 1. The minimum Gasteiger partial charge on any atom is -0.359 e. The molecule has 3 atom stereocenters. The molecule has 1 N–H and O–H groups in total. The molecule has 4 aliphatic rings. The predicted molar refractivity (Wildman–Crippen MR) is 116 cm³/mol. The monoisotopic (exact) mass is 382 g/mol. The Hall–Kier alpha value is -1.51. The maximum atomic E-state index is 13.3. The number of carbonyl (C=O) groups is 1. The van der Waals surface area contributed by atoms with Gasteiger partial charge in [0.1, 0.15) is 0 Å². The van der Waals surface area contributed by atoms with Crippen LogP contribution in [0.4, 0.5) is 0 Å². The van der Waals surface area contributed by atoms with Crippen molar-refractivity contribution in [2.75, 3.05) is 6.54 Å². The fourth-order valence-electron chi connectivity index (χ4n) is 6.63. The second kappa shape index (κ2) is 7.72. The fourth-order valence-corrected chi connectivity index (χ4v) is 6.63. The molecule has 0 radical (unpaired) electrons. The van der Waals surface area contributed by atoms with Crippen LogP contribution < -0.4 is 5.32 Å². The fraction of sp³-hybridized carbons (Fsp3) is 0.720. The Morgan fingerprint density at radius 3 is 2.64 bits per heavy atom. The van der Waals surface area contributed by atoms with Gasteiger partial charge in [-0.2, -0.15) is 0 Å². The van der Waals surface area contributed by atoms with Crippen LogP contribution in [-0.2, 0) is 4.79 Å². The summed E-state index contributed by atoms with van der Waals surface area (Å²) in [4.78, 5) is 15.7. The summed E-state index contributed by atoms with van der Waals surface area (Å²) in [6, 6.07) is 0.803. The van der Waals surface area contributed by atoms with Crippen LogP contribution in [0.2, 0.25) is 0 Å². The molecule has 0 aromatic rings. The van der Waals surface area contributed by atoms with Crippen molar-refractivity contribution < 1.29 is 4.79 Å². The van der Waals surface area contributed by atoms with E-state index in [1.54, 1.807) is 0 Å². The Bertz CT molecular complexity index is 678. The van der Waals surface area contributed by atoms with Crippen LogP contribution in [0.1, 0.15) is 78.6 Å². The lowest BCUT2D eigenvalue weighted by atomic mass is 9.68. The van der Waals surface area contributed by atoms with E-state index in [-0.39, 0.29) is 16.7 Å².